The van der Waals surface area contributed by atoms with E-state index in [2.05, 4.69) is 0 Å². The highest BCUT2D eigenvalue weighted by molar-refractivity contribution is 5.87. The summed E-state index contributed by atoms with van der Waals surface area (Å²) in [5, 5.41) is 0. The molecule has 5 atom stereocenters. The lowest BCUT2D eigenvalue weighted by Gasteiger charge is -2.51. The lowest BCUT2D eigenvalue weighted by atomic mass is 9.80. The molecule has 0 saturated carbocycles. The fourth-order valence-corrected chi connectivity index (χ4v) is 4.92. The van der Waals surface area contributed by atoms with E-state index in [-0.39, 0.29) is 26.4 Å². The van der Waals surface area contributed by atoms with E-state index in [1.54, 1.807) is 0 Å². The molecule has 0 unspecified atom stereocenters. The lowest BCUT2D eigenvalue weighted by Crippen LogP contribution is -2.72. The molecule has 0 radical (unpaired) electrons. The van der Waals surface area contributed by atoms with Crippen molar-refractivity contribution in [1.29, 1.82) is 0 Å². The minimum absolute atomic E-state index is 0.00782. The third-order valence-corrected chi connectivity index (χ3v) is 6.91. The predicted molar refractivity (Wildman–Crippen MR) is 152 cm³/mol. The summed E-state index contributed by atoms with van der Waals surface area (Å²) in [5.74, 6) is -1.64. The fourth-order valence-electron chi connectivity index (χ4n) is 4.92. The molecule has 0 aromatic heterocycles. The first-order chi connectivity index (χ1) is 20.3. The number of carbonyl (C=O) groups excluding carboxylic acids is 3. The van der Waals surface area contributed by atoms with Crippen molar-refractivity contribution < 1.29 is 42.8 Å². The first-order valence-electron chi connectivity index (χ1n) is 13.8. The number of hydrogen-bond acceptors (Lipinski definition) is 9. The Bertz CT molecular complexity index is 1300. The fraction of sp³-hybridized carbons (Fsp3) is 0.364. The Morgan fingerprint density at radius 3 is 1.67 bits per heavy atom. The summed E-state index contributed by atoms with van der Waals surface area (Å²) in [6.07, 6.45) is -4.74. The molecule has 1 aliphatic rings. The number of ketones is 1. The SMILES string of the molecule is CC(=O)OC[C@H]1O[C@H](OCc2ccccc2)[C@H](OC(C)=O)[C@@H](OCc2ccccc2)[C@@]1(OCc1ccccc1)C(C)=O. The van der Waals surface area contributed by atoms with Crippen molar-refractivity contribution in [3.63, 3.8) is 0 Å². The Morgan fingerprint density at radius 2 is 1.19 bits per heavy atom. The Labute approximate surface area is 245 Å². The normalized spacial score (nSPS) is 23.6. The first-order valence-corrected chi connectivity index (χ1v) is 13.8. The minimum atomic E-state index is -1.84. The molecule has 4 rings (SSSR count). The highest BCUT2D eigenvalue weighted by Crippen LogP contribution is 2.40. The Balaban J connectivity index is 1.77. The largest absolute Gasteiger partial charge is 0.463 e. The van der Waals surface area contributed by atoms with Crippen LogP contribution in [0.5, 0.6) is 0 Å². The molecule has 0 N–H and O–H groups in total. The van der Waals surface area contributed by atoms with E-state index in [4.69, 9.17) is 28.4 Å². The third kappa shape index (κ3) is 7.89. The Kier molecular flexibility index (Phi) is 11.0. The number of benzene rings is 3. The summed E-state index contributed by atoms with van der Waals surface area (Å²) in [6, 6.07) is 28.0. The van der Waals surface area contributed by atoms with Crippen LogP contribution >= 0.6 is 0 Å². The van der Waals surface area contributed by atoms with Gasteiger partial charge in [0.1, 0.15) is 18.8 Å². The van der Waals surface area contributed by atoms with Crippen LogP contribution in [-0.2, 0) is 62.6 Å². The lowest BCUT2D eigenvalue weighted by molar-refractivity contribution is -0.343. The van der Waals surface area contributed by atoms with Gasteiger partial charge in [-0.3, -0.25) is 14.4 Å². The van der Waals surface area contributed by atoms with Gasteiger partial charge in [-0.15, -0.1) is 0 Å². The maximum Gasteiger partial charge on any atom is 0.303 e. The topological polar surface area (TPSA) is 107 Å². The van der Waals surface area contributed by atoms with Gasteiger partial charge in [0.2, 0.25) is 0 Å². The number of carbonyl (C=O) groups is 3. The summed E-state index contributed by atoms with van der Waals surface area (Å²) < 4.78 is 36.5. The molecule has 222 valence electrons. The molecule has 1 fully saturated rings. The molecular formula is C33H36O9. The average molecular weight is 577 g/mol. The Hall–Kier alpha value is -3.89. The number of esters is 2. The van der Waals surface area contributed by atoms with Crippen LogP contribution in [-0.4, -0.2) is 54.5 Å². The zero-order valence-electron chi connectivity index (χ0n) is 24.0. The molecule has 0 amide bonds. The van der Waals surface area contributed by atoms with E-state index in [9.17, 15) is 14.4 Å². The van der Waals surface area contributed by atoms with Crippen LogP contribution in [0.3, 0.4) is 0 Å². The van der Waals surface area contributed by atoms with Gasteiger partial charge in [-0.2, -0.15) is 0 Å². The summed E-state index contributed by atoms with van der Waals surface area (Å²) in [6.45, 7) is 3.74. The van der Waals surface area contributed by atoms with Crippen molar-refractivity contribution in [3.05, 3.63) is 108 Å². The molecule has 0 bridgehead atoms. The van der Waals surface area contributed by atoms with Crippen molar-refractivity contribution >= 4 is 17.7 Å². The maximum absolute atomic E-state index is 13.7. The summed E-state index contributed by atoms with van der Waals surface area (Å²) in [5.41, 5.74) is 0.624. The molecule has 0 spiro atoms. The molecule has 9 heteroatoms. The Morgan fingerprint density at radius 1 is 0.690 bits per heavy atom. The summed E-state index contributed by atoms with van der Waals surface area (Å²) in [7, 11) is 0. The van der Waals surface area contributed by atoms with Gasteiger partial charge >= 0.3 is 11.9 Å². The molecular weight excluding hydrogens is 540 g/mol. The highest BCUT2D eigenvalue weighted by Gasteiger charge is 2.63. The van der Waals surface area contributed by atoms with Crippen molar-refractivity contribution in [2.45, 2.75) is 70.8 Å². The first kappa shape index (κ1) is 31.1. The van der Waals surface area contributed by atoms with Gasteiger partial charge in [-0.05, 0) is 23.6 Å². The van der Waals surface area contributed by atoms with E-state index in [0.29, 0.717) is 0 Å². The van der Waals surface area contributed by atoms with Gasteiger partial charge in [0, 0.05) is 13.8 Å². The van der Waals surface area contributed by atoms with Crippen molar-refractivity contribution in [1.82, 2.24) is 0 Å². The van der Waals surface area contributed by atoms with Crippen LogP contribution < -0.4 is 0 Å². The van der Waals surface area contributed by atoms with E-state index in [1.165, 1.54) is 20.8 Å². The minimum Gasteiger partial charge on any atom is -0.463 e. The van der Waals surface area contributed by atoms with Crippen LogP contribution in [0.15, 0.2) is 91.0 Å². The molecule has 1 heterocycles. The molecule has 0 aliphatic carbocycles. The van der Waals surface area contributed by atoms with E-state index >= 15 is 0 Å². The highest BCUT2D eigenvalue weighted by atomic mass is 16.7. The molecule has 1 saturated heterocycles. The summed E-state index contributed by atoms with van der Waals surface area (Å²) in [4.78, 5) is 38.1. The van der Waals surface area contributed by atoms with Crippen molar-refractivity contribution in [3.8, 4) is 0 Å². The van der Waals surface area contributed by atoms with Crippen LogP contribution in [0.2, 0.25) is 0 Å². The van der Waals surface area contributed by atoms with Gasteiger partial charge in [0.25, 0.3) is 0 Å². The van der Waals surface area contributed by atoms with E-state index < -0.39 is 47.9 Å². The molecule has 3 aromatic carbocycles. The van der Waals surface area contributed by atoms with Crippen molar-refractivity contribution in [2.24, 2.45) is 0 Å². The standard InChI is InChI=1S/C33H36O9/c1-23(34)33(40-21-28-17-11-6-12-18-28)29(22-37-24(2)35)42-32(39-20-27-15-9-5-10-16-27)30(41-25(3)36)31(33)38-19-26-13-7-4-8-14-26/h4-18,29-32H,19-22H2,1-3H3/t29-,30-,31-,32+,33-/m1/s1. The second-order valence-corrected chi connectivity index (χ2v) is 10.0. The number of rotatable bonds is 13. The quantitative estimate of drug-likeness (QED) is 0.271. The molecule has 1 aliphatic heterocycles. The van der Waals surface area contributed by atoms with Gasteiger partial charge in [0.15, 0.2) is 23.8 Å². The number of hydrogen-bond donors (Lipinski definition) is 0. The number of ether oxygens (including phenoxy) is 6. The summed E-state index contributed by atoms with van der Waals surface area (Å²) >= 11 is 0. The average Bonchev–Trinajstić information content (AvgIpc) is 2.99. The van der Waals surface area contributed by atoms with E-state index in [1.807, 2.05) is 91.0 Å². The van der Waals surface area contributed by atoms with Crippen LogP contribution in [0.1, 0.15) is 37.5 Å². The number of Topliss-reactive ketones (excluding diaryl/α,β-unsaturated/α-hetero) is 1. The maximum atomic E-state index is 13.7. The molecule has 42 heavy (non-hydrogen) atoms. The monoisotopic (exact) mass is 576 g/mol. The second-order valence-electron chi connectivity index (χ2n) is 10.0. The third-order valence-electron chi connectivity index (χ3n) is 6.91. The second kappa shape index (κ2) is 14.8. The molecule has 3 aromatic rings. The molecule has 9 nitrogen and oxygen atoms in total. The smallest absolute Gasteiger partial charge is 0.303 e. The van der Waals surface area contributed by atoms with Crippen LogP contribution in [0.25, 0.3) is 0 Å². The van der Waals surface area contributed by atoms with Crippen LogP contribution in [0.4, 0.5) is 0 Å². The zero-order valence-corrected chi connectivity index (χ0v) is 24.0. The van der Waals surface area contributed by atoms with Gasteiger partial charge in [-0.25, -0.2) is 0 Å². The predicted octanol–water partition coefficient (Wildman–Crippen LogP) is 4.55. The van der Waals surface area contributed by atoms with Gasteiger partial charge in [0.05, 0.1) is 19.8 Å². The van der Waals surface area contributed by atoms with Gasteiger partial charge in [-0.1, -0.05) is 91.0 Å². The van der Waals surface area contributed by atoms with Crippen LogP contribution in [0, 0.1) is 0 Å². The zero-order chi connectivity index (χ0) is 30.0. The van der Waals surface area contributed by atoms with Crippen molar-refractivity contribution in [2.75, 3.05) is 6.61 Å². The van der Waals surface area contributed by atoms with Gasteiger partial charge < -0.3 is 28.4 Å². The van der Waals surface area contributed by atoms with E-state index in [0.717, 1.165) is 16.7 Å².